The smallest absolute Gasteiger partial charge is 0.319 e. The highest BCUT2D eigenvalue weighted by Gasteiger charge is 2.10. The van der Waals surface area contributed by atoms with Gasteiger partial charge < -0.3 is 20.7 Å². The van der Waals surface area contributed by atoms with Crippen molar-refractivity contribution in [2.24, 2.45) is 0 Å². The van der Waals surface area contributed by atoms with Gasteiger partial charge in [-0.05, 0) is 44.0 Å². The van der Waals surface area contributed by atoms with E-state index in [0.29, 0.717) is 11.4 Å². The second kappa shape index (κ2) is 8.19. The van der Waals surface area contributed by atoms with Crippen molar-refractivity contribution in [1.82, 2.24) is 5.32 Å². The van der Waals surface area contributed by atoms with Crippen LogP contribution in [0.15, 0.2) is 36.4 Å². The van der Waals surface area contributed by atoms with Crippen LogP contribution in [0.4, 0.5) is 16.2 Å². The molecule has 2 aromatic carbocycles. The predicted octanol–water partition coefficient (Wildman–Crippen LogP) is 3.38. The van der Waals surface area contributed by atoms with E-state index in [9.17, 15) is 9.59 Å². The lowest BCUT2D eigenvalue weighted by molar-refractivity contribution is -0.115. The molecular weight excluding hydrogens is 318 g/mol. The molecule has 0 bridgehead atoms. The maximum absolute atomic E-state index is 12.1. The summed E-state index contributed by atoms with van der Waals surface area (Å²) in [5.41, 5.74) is 4.50. The topological polar surface area (TPSA) is 79.5 Å². The van der Waals surface area contributed by atoms with Crippen molar-refractivity contribution in [3.05, 3.63) is 53.1 Å². The molecule has 0 atom stereocenters. The lowest BCUT2D eigenvalue weighted by Gasteiger charge is -2.13. The van der Waals surface area contributed by atoms with E-state index in [1.807, 2.05) is 32.9 Å². The summed E-state index contributed by atoms with van der Waals surface area (Å²) in [5.74, 6) is 0.358. The van der Waals surface area contributed by atoms with Crippen LogP contribution in [0.1, 0.15) is 16.7 Å². The molecule has 0 saturated heterocycles. The van der Waals surface area contributed by atoms with Crippen LogP contribution < -0.4 is 20.7 Å². The molecule has 0 aromatic heterocycles. The van der Waals surface area contributed by atoms with Crippen LogP contribution in [0.5, 0.6) is 5.75 Å². The number of rotatable bonds is 5. The van der Waals surface area contributed by atoms with Crippen molar-refractivity contribution in [2.45, 2.75) is 20.8 Å². The van der Waals surface area contributed by atoms with Gasteiger partial charge in [0.25, 0.3) is 0 Å². The summed E-state index contributed by atoms with van der Waals surface area (Å²) < 4.78 is 5.10. The SMILES string of the molecule is COc1cccc(NC(=O)NCC(=O)Nc2c(C)cc(C)cc2C)c1. The molecule has 6 heteroatoms. The third kappa shape index (κ3) is 5.24. The maximum atomic E-state index is 12.1. The number of ether oxygens (including phenoxy) is 1. The second-order valence-corrected chi connectivity index (χ2v) is 5.86. The van der Waals surface area contributed by atoms with E-state index in [2.05, 4.69) is 16.0 Å². The van der Waals surface area contributed by atoms with E-state index in [4.69, 9.17) is 4.74 Å². The largest absolute Gasteiger partial charge is 0.497 e. The van der Waals surface area contributed by atoms with Gasteiger partial charge in [-0.3, -0.25) is 4.79 Å². The molecule has 2 rings (SSSR count). The molecule has 0 fully saturated rings. The first kappa shape index (κ1) is 18.3. The van der Waals surface area contributed by atoms with E-state index >= 15 is 0 Å². The Morgan fingerprint density at radius 3 is 2.32 bits per heavy atom. The van der Waals surface area contributed by atoms with Crippen LogP contribution in [0, 0.1) is 20.8 Å². The fraction of sp³-hybridized carbons (Fsp3) is 0.263. The first-order chi connectivity index (χ1) is 11.9. The van der Waals surface area contributed by atoms with Crippen molar-refractivity contribution in [3.8, 4) is 5.75 Å². The van der Waals surface area contributed by atoms with Crippen molar-refractivity contribution < 1.29 is 14.3 Å². The highest BCUT2D eigenvalue weighted by molar-refractivity contribution is 5.97. The maximum Gasteiger partial charge on any atom is 0.319 e. The van der Waals surface area contributed by atoms with Crippen molar-refractivity contribution in [1.29, 1.82) is 0 Å². The molecule has 0 aliphatic carbocycles. The van der Waals surface area contributed by atoms with Gasteiger partial charge in [-0.2, -0.15) is 0 Å². The molecule has 3 amide bonds. The summed E-state index contributed by atoms with van der Waals surface area (Å²) in [6.07, 6.45) is 0. The molecular formula is C19H23N3O3. The zero-order chi connectivity index (χ0) is 18.4. The van der Waals surface area contributed by atoms with Crippen molar-refractivity contribution in [3.63, 3.8) is 0 Å². The molecule has 0 spiro atoms. The van der Waals surface area contributed by atoms with Crippen LogP contribution in [-0.4, -0.2) is 25.6 Å². The zero-order valence-corrected chi connectivity index (χ0v) is 14.9. The first-order valence-corrected chi connectivity index (χ1v) is 7.95. The van der Waals surface area contributed by atoms with Gasteiger partial charge in [0.05, 0.1) is 13.7 Å². The molecule has 0 unspecified atom stereocenters. The summed E-state index contributed by atoms with van der Waals surface area (Å²) in [7, 11) is 1.55. The van der Waals surface area contributed by atoms with Gasteiger partial charge in [0.2, 0.25) is 5.91 Å². The standard InChI is InChI=1S/C19H23N3O3/c1-12-8-13(2)18(14(3)9-12)22-17(23)11-20-19(24)21-15-6-5-7-16(10-15)25-4/h5-10H,11H2,1-4H3,(H,22,23)(H2,20,21,24). The normalized spacial score (nSPS) is 10.1. The number of methoxy groups -OCH3 is 1. The Bertz CT molecular complexity index is 764. The Balaban J connectivity index is 1.88. The second-order valence-electron chi connectivity index (χ2n) is 5.86. The molecule has 0 saturated carbocycles. The summed E-state index contributed by atoms with van der Waals surface area (Å²) in [4.78, 5) is 24.0. The monoisotopic (exact) mass is 341 g/mol. The van der Waals surface area contributed by atoms with E-state index < -0.39 is 6.03 Å². The van der Waals surface area contributed by atoms with Gasteiger partial charge in [0.15, 0.2) is 0 Å². The van der Waals surface area contributed by atoms with Gasteiger partial charge in [-0.1, -0.05) is 23.8 Å². The first-order valence-electron chi connectivity index (χ1n) is 7.95. The third-order valence-electron chi connectivity index (χ3n) is 3.68. The Kier molecular flexibility index (Phi) is 6.00. The molecule has 2 aromatic rings. The number of carbonyl (C=O) groups is 2. The fourth-order valence-corrected chi connectivity index (χ4v) is 2.60. The van der Waals surface area contributed by atoms with E-state index in [0.717, 1.165) is 22.4 Å². The molecule has 0 radical (unpaired) electrons. The van der Waals surface area contributed by atoms with Crippen LogP contribution >= 0.6 is 0 Å². The Morgan fingerprint density at radius 1 is 1.00 bits per heavy atom. The lowest BCUT2D eigenvalue weighted by Crippen LogP contribution is -2.36. The minimum absolute atomic E-state index is 0.122. The Hall–Kier alpha value is -3.02. The fourth-order valence-electron chi connectivity index (χ4n) is 2.60. The van der Waals surface area contributed by atoms with Gasteiger partial charge in [0, 0.05) is 17.4 Å². The Labute approximate surface area is 147 Å². The van der Waals surface area contributed by atoms with Gasteiger partial charge in [-0.25, -0.2) is 4.79 Å². The molecule has 3 N–H and O–H groups in total. The highest BCUT2D eigenvalue weighted by Crippen LogP contribution is 2.21. The quantitative estimate of drug-likeness (QED) is 0.780. The third-order valence-corrected chi connectivity index (χ3v) is 3.68. The summed E-state index contributed by atoms with van der Waals surface area (Å²) in [6.45, 7) is 5.77. The predicted molar refractivity (Wildman–Crippen MR) is 99.3 cm³/mol. The van der Waals surface area contributed by atoms with E-state index in [1.54, 1.807) is 31.4 Å². The average molecular weight is 341 g/mol. The van der Waals surface area contributed by atoms with E-state index in [-0.39, 0.29) is 12.5 Å². The number of benzene rings is 2. The summed E-state index contributed by atoms with van der Waals surface area (Å²) in [6, 6.07) is 10.5. The molecule has 0 aliphatic rings. The van der Waals surface area contributed by atoms with Crippen molar-refractivity contribution >= 4 is 23.3 Å². The van der Waals surface area contributed by atoms with Crippen LogP contribution in [0.2, 0.25) is 0 Å². The van der Waals surface area contributed by atoms with Crippen LogP contribution in [0.25, 0.3) is 0 Å². The number of carbonyl (C=O) groups excluding carboxylic acids is 2. The molecule has 132 valence electrons. The number of amides is 3. The minimum atomic E-state index is -0.458. The van der Waals surface area contributed by atoms with Crippen molar-refractivity contribution in [2.75, 3.05) is 24.3 Å². The zero-order valence-electron chi connectivity index (χ0n) is 14.9. The molecule has 25 heavy (non-hydrogen) atoms. The number of aryl methyl sites for hydroxylation is 3. The minimum Gasteiger partial charge on any atom is -0.497 e. The lowest BCUT2D eigenvalue weighted by atomic mass is 10.1. The number of anilines is 2. The number of hydrogen-bond acceptors (Lipinski definition) is 3. The van der Waals surface area contributed by atoms with Gasteiger partial charge in [0.1, 0.15) is 5.75 Å². The summed E-state index contributed by atoms with van der Waals surface area (Å²) in [5, 5.41) is 8.03. The molecule has 6 nitrogen and oxygen atoms in total. The molecule has 0 aliphatic heterocycles. The Morgan fingerprint density at radius 2 is 1.68 bits per heavy atom. The number of urea groups is 1. The van der Waals surface area contributed by atoms with Gasteiger partial charge >= 0.3 is 6.03 Å². The van der Waals surface area contributed by atoms with Crippen LogP contribution in [-0.2, 0) is 4.79 Å². The summed E-state index contributed by atoms with van der Waals surface area (Å²) >= 11 is 0. The van der Waals surface area contributed by atoms with E-state index in [1.165, 1.54) is 0 Å². The number of nitrogens with one attached hydrogen (secondary N) is 3. The molecule has 0 heterocycles. The highest BCUT2D eigenvalue weighted by atomic mass is 16.5. The number of hydrogen-bond donors (Lipinski definition) is 3. The van der Waals surface area contributed by atoms with Gasteiger partial charge in [-0.15, -0.1) is 0 Å². The average Bonchev–Trinajstić information content (AvgIpc) is 2.56. The van der Waals surface area contributed by atoms with Crippen LogP contribution in [0.3, 0.4) is 0 Å².